The van der Waals surface area contributed by atoms with Gasteiger partial charge in [0.05, 0.1) is 18.1 Å². The van der Waals surface area contributed by atoms with Gasteiger partial charge in [-0.3, -0.25) is 0 Å². The van der Waals surface area contributed by atoms with Crippen molar-refractivity contribution in [2.24, 2.45) is 0 Å². The number of sulfone groups is 1. The Morgan fingerprint density at radius 3 is 2.79 bits per heavy atom. The fourth-order valence-electron chi connectivity index (χ4n) is 1.57. The van der Waals surface area contributed by atoms with Gasteiger partial charge in [0.2, 0.25) is 0 Å². The van der Waals surface area contributed by atoms with E-state index < -0.39 is 9.84 Å². The van der Waals surface area contributed by atoms with Crippen molar-refractivity contribution in [3.05, 3.63) is 29.3 Å². The molecule has 1 aliphatic rings. The number of rotatable bonds is 1. The summed E-state index contributed by atoms with van der Waals surface area (Å²) in [6.45, 7) is 1.28. The summed E-state index contributed by atoms with van der Waals surface area (Å²) in [5, 5.41) is 0. The second kappa shape index (κ2) is 3.37. The van der Waals surface area contributed by atoms with Crippen molar-refractivity contribution < 1.29 is 13.2 Å². The lowest BCUT2D eigenvalue weighted by Crippen LogP contribution is -2.10. The first-order valence-electron chi connectivity index (χ1n) is 4.47. The van der Waals surface area contributed by atoms with Gasteiger partial charge in [0.25, 0.3) is 0 Å². The molecule has 0 radical (unpaired) electrons. The molecule has 76 valence electrons. The average molecular weight is 212 g/mol. The van der Waals surface area contributed by atoms with Crippen LogP contribution in [0.25, 0.3) is 0 Å². The molecule has 1 aliphatic heterocycles. The van der Waals surface area contributed by atoms with Crippen LogP contribution >= 0.6 is 0 Å². The summed E-state index contributed by atoms with van der Waals surface area (Å²) < 4.78 is 27.8. The first kappa shape index (κ1) is 9.68. The van der Waals surface area contributed by atoms with E-state index in [1.165, 1.54) is 6.26 Å². The third-order valence-electron chi connectivity index (χ3n) is 2.38. The molecule has 0 saturated heterocycles. The minimum Gasteiger partial charge on any atom is -0.376 e. The van der Waals surface area contributed by atoms with E-state index in [0.29, 0.717) is 18.1 Å². The predicted octanol–water partition coefficient (Wildman–Crippen LogP) is 1.16. The van der Waals surface area contributed by atoms with Gasteiger partial charge in [0, 0.05) is 6.26 Å². The van der Waals surface area contributed by atoms with Gasteiger partial charge in [-0.25, -0.2) is 8.42 Å². The van der Waals surface area contributed by atoms with Gasteiger partial charge in [-0.1, -0.05) is 6.07 Å². The van der Waals surface area contributed by atoms with Crippen molar-refractivity contribution >= 4 is 9.84 Å². The van der Waals surface area contributed by atoms with E-state index in [9.17, 15) is 8.42 Å². The highest BCUT2D eigenvalue weighted by molar-refractivity contribution is 7.90. The van der Waals surface area contributed by atoms with E-state index >= 15 is 0 Å². The molecule has 0 atom stereocenters. The summed E-state index contributed by atoms with van der Waals surface area (Å²) >= 11 is 0. The Kier molecular flexibility index (Phi) is 2.33. The zero-order valence-electron chi connectivity index (χ0n) is 7.99. The molecule has 0 fully saturated rings. The highest BCUT2D eigenvalue weighted by Crippen LogP contribution is 2.20. The maximum absolute atomic E-state index is 11.3. The highest BCUT2D eigenvalue weighted by atomic mass is 32.2. The Morgan fingerprint density at radius 1 is 1.29 bits per heavy atom. The van der Waals surface area contributed by atoms with E-state index in [4.69, 9.17) is 4.74 Å². The molecule has 2 rings (SSSR count). The molecule has 1 aromatic rings. The summed E-state index contributed by atoms with van der Waals surface area (Å²) in [4.78, 5) is 0.401. The molecule has 1 aromatic carbocycles. The topological polar surface area (TPSA) is 43.4 Å². The standard InChI is InChI=1S/C10H12O3S/c1-14(11,12)10-3-2-9-7-13-5-4-8(9)6-10/h2-3,6H,4-5,7H2,1H3. The van der Waals surface area contributed by atoms with Crippen molar-refractivity contribution in [3.8, 4) is 0 Å². The van der Waals surface area contributed by atoms with Crippen LogP contribution < -0.4 is 0 Å². The van der Waals surface area contributed by atoms with E-state index in [-0.39, 0.29) is 0 Å². The van der Waals surface area contributed by atoms with E-state index in [2.05, 4.69) is 0 Å². The normalized spacial score (nSPS) is 16.4. The zero-order valence-corrected chi connectivity index (χ0v) is 8.80. The van der Waals surface area contributed by atoms with E-state index in [0.717, 1.165) is 17.5 Å². The minimum absolute atomic E-state index is 0.401. The molecule has 4 heteroatoms. The lowest BCUT2D eigenvalue weighted by atomic mass is 10.0. The molecule has 0 saturated carbocycles. The highest BCUT2D eigenvalue weighted by Gasteiger charge is 2.13. The third kappa shape index (κ3) is 1.81. The van der Waals surface area contributed by atoms with Crippen LogP contribution in [-0.2, 0) is 27.6 Å². The third-order valence-corrected chi connectivity index (χ3v) is 3.49. The van der Waals surface area contributed by atoms with Gasteiger partial charge in [0.1, 0.15) is 0 Å². The maximum atomic E-state index is 11.3. The fourth-order valence-corrected chi connectivity index (χ4v) is 2.24. The number of ether oxygens (including phenoxy) is 1. The number of hydrogen-bond acceptors (Lipinski definition) is 3. The monoisotopic (exact) mass is 212 g/mol. The number of hydrogen-bond donors (Lipinski definition) is 0. The van der Waals surface area contributed by atoms with Crippen LogP contribution in [0.2, 0.25) is 0 Å². The Bertz CT molecular complexity index is 448. The van der Waals surface area contributed by atoms with Crippen LogP contribution in [0.5, 0.6) is 0 Å². The number of benzene rings is 1. The first-order chi connectivity index (χ1) is 6.57. The van der Waals surface area contributed by atoms with Crippen molar-refractivity contribution in [2.45, 2.75) is 17.9 Å². The van der Waals surface area contributed by atoms with Crippen LogP contribution in [0.15, 0.2) is 23.1 Å². The van der Waals surface area contributed by atoms with Crippen molar-refractivity contribution in [1.29, 1.82) is 0 Å². The summed E-state index contributed by atoms with van der Waals surface area (Å²) in [7, 11) is -3.08. The van der Waals surface area contributed by atoms with Crippen LogP contribution in [0, 0.1) is 0 Å². The molecule has 3 nitrogen and oxygen atoms in total. The largest absolute Gasteiger partial charge is 0.376 e. The van der Waals surface area contributed by atoms with Gasteiger partial charge in [-0.2, -0.15) is 0 Å². The van der Waals surface area contributed by atoms with Gasteiger partial charge in [-0.05, 0) is 29.7 Å². The minimum atomic E-state index is -3.08. The van der Waals surface area contributed by atoms with Crippen molar-refractivity contribution in [2.75, 3.05) is 12.9 Å². The Balaban J connectivity index is 2.49. The molecule has 0 bridgehead atoms. The molecular formula is C10H12O3S. The summed E-state index contributed by atoms with van der Waals surface area (Å²) in [5.41, 5.74) is 2.20. The van der Waals surface area contributed by atoms with Crippen molar-refractivity contribution in [1.82, 2.24) is 0 Å². The lowest BCUT2D eigenvalue weighted by Gasteiger charge is -2.16. The fraction of sp³-hybridized carbons (Fsp3) is 0.400. The van der Waals surface area contributed by atoms with Crippen LogP contribution in [0.4, 0.5) is 0 Å². The molecule has 0 unspecified atom stereocenters. The van der Waals surface area contributed by atoms with Gasteiger partial charge in [-0.15, -0.1) is 0 Å². The van der Waals surface area contributed by atoms with E-state index in [1.54, 1.807) is 12.1 Å². The molecule has 14 heavy (non-hydrogen) atoms. The lowest BCUT2D eigenvalue weighted by molar-refractivity contribution is 0.110. The maximum Gasteiger partial charge on any atom is 0.175 e. The molecular weight excluding hydrogens is 200 g/mol. The predicted molar refractivity (Wildman–Crippen MR) is 52.9 cm³/mol. The van der Waals surface area contributed by atoms with Gasteiger partial charge >= 0.3 is 0 Å². The molecule has 1 heterocycles. The van der Waals surface area contributed by atoms with Crippen LogP contribution in [-0.4, -0.2) is 21.3 Å². The molecule has 0 aliphatic carbocycles. The van der Waals surface area contributed by atoms with Crippen LogP contribution in [0.1, 0.15) is 11.1 Å². The van der Waals surface area contributed by atoms with Gasteiger partial charge in [0.15, 0.2) is 9.84 Å². The molecule has 0 spiro atoms. The SMILES string of the molecule is CS(=O)(=O)c1ccc2c(c1)CCOC2. The Hall–Kier alpha value is -0.870. The Morgan fingerprint density at radius 2 is 2.07 bits per heavy atom. The van der Waals surface area contributed by atoms with E-state index in [1.807, 2.05) is 6.07 Å². The second-order valence-electron chi connectivity index (χ2n) is 3.51. The zero-order chi connectivity index (χ0) is 10.2. The van der Waals surface area contributed by atoms with Gasteiger partial charge < -0.3 is 4.74 Å². The number of fused-ring (bicyclic) bond motifs is 1. The Labute approximate surface area is 83.6 Å². The summed E-state index contributed by atoms with van der Waals surface area (Å²) in [6.07, 6.45) is 2.03. The summed E-state index contributed by atoms with van der Waals surface area (Å²) in [6, 6.07) is 5.24. The average Bonchev–Trinajstić information content (AvgIpc) is 2.16. The quantitative estimate of drug-likeness (QED) is 0.701. The molecule has 0 amide bonds. The first-order valence-corrected chi connectivity index (χ1v) is 6.36. The second-order valence-corrected chi connectivity index (χ2v) is 5.52. The molecule has 0 N–H and O–H groups in total. The van der Waals surface area contributed by atoms with Crippen LogP contribution in [0.3, 0.4) is 0 Å². The summed E-state index contributed by atoms with van der Waals surface area (Å²) in [5.74, 6) is 0. The van der Waals surface area contributed by atoms with Crippen molar-refractivity contribution in [3.63, 3.8) is 0 Å². The smallest absolute Gasteiger partial charge is 0.175 e. The molecule has 0 aromatic heterocycles.